The van der Waals surface area contributed by atoms with Gasteiger partial charge in [0.2, 0.25) is 5.91 Å². The summed E-state index contributed by atoms with van der Waals surface area (Å²) in [5.74, 6) is 0.505. The van der Waals surface area contributed by atoms with Crippen LogP contribution in [0.15, 0.2) is 0 Å². The van der Waals surface area contributed by atoms with Gasteiger partial charge in [-0.05, 0) is 6.42 Å². The molecule has 1 aliphatic heterocycles. The third-order valence-electron chi connectivity index (χ3n) is 2.69. The number of rotatable bonds is 7. The number of aliphatic hydroxyl groups is 1. The highest BCUT2D eigenvalue weighted by Gasteiger charge is 2.31. The first kappa shape index (κ1) is 14.4. The molecular formula is C10H19N3O3S. The molecule has 17 heavy (non-hydrogen) atoms. The van der Waals surface area contributed by atoms with Crippen LogP contribution in [-0.2, 0) is 9.59 Å². The third-order valence-corrected chi connectivity index (χ3v) is 4.11. The van der Waals surface area contributed by atoms with Gasteiger partial charge >= 0.3 is 0 Å². The molecule has 98 valence electrons. The van der Waals surface area contributed by atoms with Gasteiger partial charge in [0.05, 0.1) is 11.3 Å². The number of likely N-dealkylation sites (tertiary alicyclic amines) is 1. The van der Waals surface area contributed by atoms with Gasteiger partial charge in [0.15, 0.2) is 0 Å². The molecule has 0 aromatic heterocycles. The van der Waals surface area contributed by atoms with E-state index in [9.17, 15) is 9.59 Å². The summed E-state index contributed by atoms with van der Waals surface area (Å²) < 4.78 is 0. The molecule has 0 radical (unpaired) electrons. The van der Waals surface area contributed by atoms with E-state index >= 15 is 0 Å². The molecule has 1 aliphatic rings. The molecule has 1 amide bonds. The number of aldehydes is 1. The highest BCUT2D eigenvalue weighted by Crippen LogP contribution is 2.24. The van der Waals surface area contributed by atoms with Gasteiger partial charge < -0.3 is 26.3 Å². The van der Waals surface area contributed by atoms with Crippen LogP contribution in [0.1, 0.15) is 12.8 Å². The fourth-order valence-corrected chi connectivity index (χ4v) is 2.84. The van der Waals surface area contributed by atoms with E-state index in [1.807, 2.05) is 0 Å². The van der Waals surface area contributed by atoms with Gasteiger partial charge in [-0.25, -0.2) is 0 Å². The van der Waals surface area contributed by atoms with Crippen molar-refractivity contribution in [2.45, 2.75) is 30.4 Å². The lowest BCUT2D eigenvalue weighted by atomic mass is 10.3. The molecule has 0 aromatic rings. The minimum atomic E-state index is -1.05. The first-order valence-electron chi connectivity index (χ1n) is 5.59. The standard InChI is InChI=1S/C10H19N3O3S/c11-7(9(12)15)6-17-8-2-4-13(10(8)16)3-1-5-14/h5,7-9,15H,1-4,6,11-12H2. The van der Waals surface area contributed by atoms with Crippen LogP contribution < -0.4 is 11.5 Å². The van der Waals surface area contributed by atoms with Gasteiger partial charge in [-0.2, -0.15) is 0 Å². The lowest BCUT2D eigenvalue weighted by Crippen LogP contribution is -2.43. The maximum atomic E-state index is 11.8. The Morgan fingerprint density at radius 2 is 2.29 bits per heavy atom. The molecule has 1 heterocycles. The van der Waals surface area contributed by atoms with E-state index in [1.54, 1.807) is 4.90 Å². The summed E-state index contributed by atoms with van der Waals surface area (Å²) >= 11 is 1.42. The molecule has 3 atom stereocenters. The van der Waals surface area contributed by atoms with E-state index in [2.05, 4.69) is 0 Å². The maximum Gasteiger partial charge on any atom is 0.235 e. The molecule has 5 N–H and O–H groups in total. The highest BCUT2D eigenvalue weighted by atomic mass is 32.2. The number of carbonyl (C=O) groups excluding carboxylic acids is 2. The number of carbonyl (C=O) groups is 2. The minimum absolute atomic E-state index is 0.0514. The molecule has 1 fully saturated rings. The fourth-order valence-electron chi connectivity index (χ4n) is 1.62. The average molecular weight is 261 g/mol. The molecule has 0 spiro atoms. The molecule has 3 unspecified atom stereocenters. The summed E-state index contributed by atoms with van der Waals surface area (Å²) in [5, 5.41) is 8.92. The van der Waals surface area contributed by atoms with Gasteiger partial charge in [-0.3, -0.25) is 4.79 Å². The highest BCUT2D eigenvalue weighted by molar-refractivity contribution is 8.00. The number of hydrogen-bond donors (Lipinski definition) is 3. The van der Waals surface area contributed by atoms with E-state index in [0.29, 0.717) is 25.3 Å². The lowest BCUT2D eigenvalue weighted by molar-refractivity contribution is -0.127. The Balaban J connectivity index is 2.32. The van der Waals surface area contributed by atoms with Crippen molar-refractivity contribution >= 4 is 24.0 Å². The normalized spacial score (nSPS) is 23.8. The van der Waals surface area contributed by atoms with Gasteiger partial charge in [0.25, 0.3) is 0 Å². The Kier molecular flexibility index (Phi) is 5.90. The first-order valence-corrected chi connectivity index (χ1v) is 6.64. The molecule has 6 nitrogen and oxygen atoms in total. The number of aliphatic hydroxyl groups excluding tert-OH is 1. The smallest absolute Gasteiger partial charge is 0.235 e. The molecule has 1 saturated heterocycles. The van der Waals surface area contributed by atoms with Gasteiger partial charge in [0.1, 0.15) is 12.5 Å². The van der Waals surface area contributed by atoms with Crippen LogP contribution in [0.25, 0.3) is 0 Å². The quantitative estimate of drug-likeness (QED) is 0.380. The summed E-state index contributed by atoms with van der Waals surface area (Å²) in [7, 11) is 0. The van der Waals surface area contributed by atoms with Crippen molar-refractivity contribution in [3.8, 4) is 0 Å². The monoisotopic (exact) mass is 261 g/mol. The summed E-state index contributed by atoms with van der Waals surface area (Å²) in [6.07, 6.45) is 0.902. The van der Waals surface area contributed by atoms with Crippen molar-refractivity contribution in [1.29, 1.82) is 0 Å². The van der Waals surface area contributed by atoms with E-state index in [-0.39, 0.29) is 11.2 Å². The number of nitrogens with two attached hydrogens (primary N) is 2. The van der Waals surface area contributed by atoms with Crippen LogP contribution in [0.2, 0.25) is 0 Å². The van der Waals surface area contributed by atoms with Crippen LogP contribution >= 0.6 is 11.8 Å². The fraction of sp³-hybridized carbons (Fsp3) is 0.800. The van der Waals surface area contributed by atoms with Crippen molar-refractivity contribution in [2.24, 2.45) is 11.5 Å². The lowest BCUT2D eigenvalue weighted by Gasteiger charge is -2.17. The van der Waals surface area contributed by atoms with Crippen molar-refractivity contribution in [3.63, 3.8) is 0 Å². The second-order valence-corrected chi connectivity index (χ2v) is 5.28. The minimum Gasteiger partial charge on any atom is -0.377 e. The second kappa shape index (κ2) is 6.95. The van der Waals surface area contributed by atoms with Crippen molar-refractivity contribution < 1.29 is 14.7 Å². The van der Waals surface area contributed by atoms with Crippen molar-refractivity contribution in [2.75, 3.05) is 18.8 Å². The molecule has 1 rings (SSSR count). The van der Waals surface area contributed by atoms with E-state index < -0.39 is 12.3 Å². The summed E-state index contributed by atoms with van der Waals surface area (Å²) in [4.78, 5) is 23.8. The van der Waals surface area contributed by atoms with Gasteiger partial charge in [0, 0.05) is 25.3 Å². The topological polar surface area (TPSA) is 110 Å². The Hall–Kier alpha value is -0.630. The van der Waals surface area contributed by atoms with Crippen molar-refractivity contribution in [3.05, 3.63) is 0 Å². The maximum absolute atomic E-state index is 11.8. The summed E-state index contributed by atoms with van der Waals surface area (Å²) in [6, 6.07) is -0.517. The second-order valence-electron chi connectivity index (χ2n) is 4.05. The Labute approximate surface area is 105 Å². The third kappa shape index (κ3) is 4.27. The summed E-state index contributed by atoms with van der Waals surface area (Å²) in [5.41, 5.74) is 10.8. The first-order chi connectivity index (χ1) is 8.06. The largest absolute Gasteiger partial charge is 0.377 e. The molecule has 0 aliphatic carbocycles. The zero-order valence-electron chi connectivity index (χ0n) is 9.62. The Bertz CT molecular complexity index is 276. The number of hydrogen-bond acceptors (Lipinski definition) is 6. The number of amides is 1. The van der Waals surface area contributed by atoms with Gasteiger partial charge in [-0.15, -0.1) is 11.8 Å². The predicted molar refractivity (Wildman–Crippen MR) is 66.3 cm³/mol. The number of nitrogens with zero attached hydrogens (tertiary/aromatic N) is 1. The Morgan fingerprint density at radius 1 is 1.59 bits per heavy atom. The zero-order valence-corrected chi connectivity index (χ0v) is 10.4. The van der Waals surface area contributed by atoms with Crippen LogP contribution in [-0.4, -0.2) is 58.6 Å². The van der Waals surface area contributed by atoms with E-state index in [1.165, 1.54) is 11.8 Å². The average Bonchev–Trinajstić information content (AvgIpc) is 2.64. The number of thioether (sulfide) groups is 1. The molecular weight excluding hydrogens is 242 g/mol. The van der Waals surface area contributed by atoms with E-state index in [0.717, 1.165) is 12.7 Å². The molecule has 7 heteroatoms. The van der Waals surface area contributed by atoms with Gasteiger partial charge in [-0.1, -0.05) is 0 Å². The van der Waals surface area contributed by atoms with E-state index in [4.69, 9.17) is 16.6 Å². The predicted octanol–water partition coefficient (Wildman–Crippen LogP) is -1.49. The molecule has 0 aromatic carbocycles. The molecule has 0 saturated carbocycles. The summed E-state index contributed by atoms with van der Waals surface area (Å²) in [6.45, 7) is 1.18. The van der Waals surface area contributed by atoms with Crippen LogP contribution in [0.3, 0.4) is 0 Å². The zero-order chi connectivity index (χ0) is 12.8. The van der Waals surface area contributed by atoms with Crippen molar-refractivity contribution in [1.82, 2.24) is 4.90 Å². The van der Waals surface area contributed by atoms with Crippen LogP contribution in [0, 0.1) is 0 Å². The van der Waals surface area contributed by atoms with Crippen LogP contribution in [0.4, 0.5) is 0 Å². The Morgan fingerprint density at radius 3 is 2.88 bits per heavy atom. The van der Waals surface area contributed by atoms with Crippen LogP contribution in [0.5, 0.6) is 0 Å². The molecule has 0 bridgehead atoms. The SMILES string of the molecule is NC(O)C(N)CSC1CCN(CCC=O)C1=O.